The van der Waals surface area contributed by atoms with Gasteiger partial charge in [0.1, 0.15) is 17.8 Å². The summed E-state index contributed by atoms with van der Waals surface area (Å²) in [6.45, 7) is 3.47. The number of fused-ring (bicyclic) bond motifs is 1. The van der Waals surface area contributed by atoms with Gasteiger partial charge >= 0.3 is 5.12 Å². The van der Waals surface area contributed by atoms with Crippen molar-refractivity contribution in [3.63, 3.8) is 0 Å². The Morgan fingerprint density at radius 1 is 1.10 bits per heavy atom. The Balaban J connectivity index is 1.52. The average Bonchev–Trinajstić information content (AvgIpc) is 3.49. The van der Waals surface area contributed by atoms with E-state index in [1.54, 1.807) is 30.3 Å². The molecule has 2 aromatic rings. The van der Waals surface area contributed by atoms with Crippen LogP contribution in [0.5, 0.6) is 0 Å². The molecule has 2 aliphatic rings. The van der Waals surface area contributed by atoms with E-state index in [1.807, 2.05) is 32.8 Å². The van der Waals surface area contributed by atoms with Gasteiger partial charge in [0.25, 0.3) is 15.9 Å². The van der Waals surface area contributed by atoms with Gasteiger partial charge in [-0.15, -0.1) is 0 Å². The fraction of sp³-hybridized carbons (Fsp3) is 0.444. The zero-order valence-electron chi connectivity index (χ0n) is 22.4. The van der Waals surface area contributed by atoms with Crippen LogP contribution >= 0.6 is 0 Å². The van der Waals surface area contributed by atoms with Gasteiger partial charge in [0.15, 0.2) is 5.78 Å². The van der Waals surface area contributed by atoms with Gasteiger partial charge in [-0.05, 0) is 55.2 Å². The van der Waals surface area contributed by atoms with E-state index >= 15 is 0 Å². The SMILES string of the molecule is CC(C)CC(NC(=O)c1ccc(N(C)C)cc1)C(=O)N1CCC2C1C(=O)CN2S(=O)(=O)C(=O)c1ccccn1. The van der Waals surface area contributed by atoms with E-state index in [1.165, 1.54) is 23.2 Å². The molecule has 4 rings (SSSR count). The molecular weight excluding hydrogens is 522 g/mol. The van der Waals surface area contributed by atoms with Crippen LogP contribution in [-0.2, 0) is 19.6 Å². The fourth-order valence-corrected chi connectivity index (χ4v) is 6.58. The summed E-state index contributed by atoms with van der Waals surface area (Å²) in [5, 5.41) is 1.63. The maximum Gasteiger partial charge on any atom is 0.310 e. The molecule has 1 aromatic carbocycles. The number of rotatable bonds is 8. The summed E-state index contributed by atoms with van der Waals surface area (Å²) in [5.41, 5.74) is 1.08. The number of hydrogen-bond donors (Lipinski definition) is 1. The highest BCUT2D eigenvalue weighted by atomic mass is 32.2. The van der Waals surface area contributed by atoms with E-state index < -0.39 is 57.4 Å². The first kappa shape index (κ1) is 28.4. The van der Waals surface area contributed by atoms with E-state index in [0.29, 0.717) is 12.0 Å². The minimum Gasteiger partial charge on any atom is -0.378 e. The van der Waals surface area contributed by atoms with Gasteiger partial charge in [-0.1, -0.05) is 19.9 Å². The summed E-state index contributed by atoms with van der Waals surface area (Å²) < 4.78 is 27.2. The maximum absolute atomic E-state index is 13.7. The summed E-state index contributed by atoms with van der Waals surface area (Å²) in [4.78, 5) is 59.6. The van der Waals surface area contributed by atoms with Crippen molar-refractivity contribution in [1.29, 1.82) is 0 Å². The highest BCUT2D eigenvalue weighted by Gasteiger charge is 2.55. The third-order valence-corrected chi connectivity index (χ3v) is 8.73. The van der Waals surface area contributed by atoms with E-state index in [9.17, 15) is 27.6 Å². The fourth-order valence-electron chi connectivity index (χ4n) is 5.11. The standard InChI is InChI=1S/C27H33N5O6S/c1-17(2)15-21(29-25(34)18-8-10-19(11-9-18)30(3)4)26(35)31-14-12-22-24(31)23(33)16-32(22)39(37,38)27(36)20-7-5-6-13-28-20/h5-11,13,17,21-22,24H,12,14-16H2,1-4H3,(H,29,34). The van der Waals surface area contributed by atoms with Gasteiger partial charge in [-0.3, -0.25) is 24.2 Å². The Labute approximate surface area is 228 Å². The van der Waals surface area contributed by atoms with Crippen molar-refractivity contribution in [1.82, 2.24) is 19.5 Å². The Bertz CT molecular complexity index is 1360. The second-order valence-electron chi connectivity index (χ2n) is 10.4. The third kappa shape index (κ3) is 5.71. The molecule has 11 nitrogen and oxygen atoms in total. The molecule has 0 saturated carbocycles. The molecular formula is C27H33N5O6S. The Morgan fingerprint density at radius 3 is 2.38 bits per heavy atom. The van der Waals surface area contributed by atoms with Crippen LogP contribution in [0.25, 0.3) is 0 Å². The summed E-state index contributed by atoms with van der Waals surface area (Å²) in [7, 11) is -0.753. The molecule has 0 aliphatic carbocycles. The number of nitrogens with zero attached hydrogens (tertiary/aromatic N) is 4. The smallest absolute Gasteiger partial charge is 0.310 e. The van der Waals surface area contributed by atoms with Crippen molar-refractivity contribution in [2.24, 2.45) is 5.92 Å². The summed E-state index contributed by atoms with van der Waals surface area (Å²) >= 11 is 0. The number of aromatic nitrogens is 1. The monoisotopic (exact) mass is 555 g/mol. The topological polar surface area (TPSA) is 137 Å². The highest BCUT2D eigenvalue weighted by Crippen LogP contribution is 2.33. The molecule has 12 heteroatoms. The van der Waals surface area contributed by atoms with Crippen LogP contribution in [-0.4, -0.2) is 90.6 Å². The minimum absolute atomic E-state index is 0.0564. The number of benzene rings is 1. The second kappa shape index (κ2) is 11.2. The normalized spacial score (nSPS) is 20.1. The number of sulfonamides is 1. The summed E-state index contributed by atoms with van der Waals surface area (Å²) in [5.74, 6) is -1.27. The zero-order chi connectivity index (χ0) is 28.5. The van der Waals surface area contributed by atoms with Crippen molar-refractivity contribution in [2.75, 3.05) is 32.1 Å². The number of likely N-dealkylation sites (tertiary alicyclic amines) is 1. The number of anilines is 1. The Kier molecular flexibility index (Phi) is 8.17. The number of carbonyl (C=O) groups excluding carboxylic acids is 4. The van der Waals surface area contributed by atoms with Crippen molar-refractivity contribution < 1.29 is 27.6 Å². The van der Waals surface area contributed by atoms with Crippen LogP contribution in [0.4, 0.5) is 5.69 Å². The minimum atomic E-state index is -4.53. The lowest BCUT2D eigenvalue weighted by Crippen LogP contribution is -2.53. The predicted octanol–water partition coefficient (Wildman–Crippen LogP) is 1.32. The van der Waals surface area contributed by atoms with Gasteiger partial charge in [0.2, 0.25) is 5.91 Å². The molecule has 1 N–H and O–H groups in total. The van der Waals surface area contributed by atoms with Crippen molar-refractivity contribution >= 4 is 38.4 Å². The highest BCUT2D eigenvalue weighted by molar-refractivity contribution is 8.04. The number of amides is 2. The first-order valence-electron chi connectivity index (χ1n) is 12.8. The molecule has 39 heavy (non-hydrogen) atoms. The molecule has 0 spiro atoms. The maximum atomic E-state index is 13.7. The molecule has 0 radical (unpaired) electrons. The van der Waals surface area contributed by atoms with E-state index in [-0.39, 0.29) is 24.6 Å². The van der Waals surface area contributed by atoms with Crippen LogP contribution in [0.3, 0.4) is 0 Å². The lowest BCUT2D eigenvalue weighted by atomic mass is 10.0. The number of Topliss-reactive ketones (excluding diaryl/α,β-unsaturated/α-hetero) is 1. The van der Waals surface area contributed by atoms with E-state index in [0.717, 1.165) is 9.99 Å². The number of carbonyl (C=O) groups is 4. The van der Waals surface area contributed by atoms with Crippen LogP contribution in [0, 0.1) is 5.92 Å². The molecule has 3 atom stereocenters. The van der Waals surface area contributed by atoms with Crippen LogP contribution in [0.15, 0.2) is 48.7 Å². The van der Waals surface area contributed by atoms with E-state index in [4.69, 9.17) is 0 Å². The lowest BCUT2D eigenvalue weighted by Gasteiger charge is -2.29. The molecule has 0 bridgehead atoms. The third-order valence-electron chi connectivity index (χ3n) is 7.03. The van der Waals surface area contributed by atoms with Gasteiger partial charge in [0, 0.05) is 38.1 Å². The largest absolute Gasteiger partial charge is 0.378 e. The van der Waals surface area contributed by atoms with Gasteiger partial charge in [-0.25, -0.2) is 8.42 Å². The summed E-state index contributed by atoms with van der Waals surface area (Å²) in [6, 6.07) is 8.54. The molecule has 1 aromatic heterocycles. The van der Waals surface area contributed by atoms with Crippen molar-refractivity contribution in [3.05, 3.63) is 59.9 Å². The molecule has 2 saturated heterocycles. The zero-order valence-corrected chi connectivity index (χ0v) is 23.2. The first-order valence-corrected chi connectivity index (χ1v) is 14.2. The van der Waals surface area contributed by atoms with Gasteiger partial charge in [-0.2, -0.15) is 4.31 Å². The quantitative estimate of drug-likeness (QED) is 0.515. The molecule has 2 aliphatic heterocycles. The van der Waals surface area contributed by atoms with Crippen LogP contribution in [0.2, 0.25) is 0 Å². The number of pyridine rings is 1. The van der Waals surface area contributed by atoms with Crippen LogP contribution in [0.1, 0.15) is 47.5 Å². The lowest BCUT2D eigenvalue weighted by molar-refractivity contribution is -0.138. The Hall–Kier alpha value is -3.64. The second-order valence-corrected chi connectivity index (χ2v) is 12.2. The van der Waals surface area contributed by atoms with Gasteiger partial charge in [0.05, 0.1) is 12.6 Å². The first-order chi connectivity index (χ1) is 18.4. The molecule has 3 heterocycles. The molecule has 2 amide bonds. The van der Waals surface area contributed by atoms with E-state index in [2.05, 4.69) is 10.3 Å². The van der Waals surface area contributed by atoms with Gasteiger partial charge < -0.3 is 15.1 Å². The van der Waals surface area contributed by atoms with Crippen molar-refractivity contribution in [2.45, 2.75) is 44.8 Å². The summed E-state index contributed by atoms with van der Waals surface area (Å²) in [6.07, 6.45) is 1.85. The number of hydrogen-bond acceptors (Lipinski definition) is 8. The molecule has 2 fully saturated rings. The average molecular weight is 556 g/mol. The Morgan fingerprint density at radius 2 is 1.79 bits per heavy atom. The van der Waals surface area contributed by atoms with Crippen LogP contribution < -0.4 is 10.2 Å². The number of nitrogens with one attached hydrogen (secondary N) is 1. The number of ketones is 1. The molecule has 208 valence electrons. The predicted molar refractivity (Wildman–Crippen MR) is 145 cm³/mol. The van der Waals surface area contributed by atoms with Crippen molar-refractivity contribution in [3.8, 4) is 0 Å². The molecule has 3 unspecified atom stereocenters.